The van der Waals surface area contributed by atoms with E-state index in [2.05, 4.69) is 0 Å². The molecule has 0 spiro atoms. The molecule has 0 bridgehead atoms. The van der Waals surface area contributed by atoms with Crippen molar-refractivity contribution >= 4 is 16.9 Å². The third-order valence-corrected chi connectivity index (χ3v) is 3.11. The second-order valence-electron chi connectivity index (χ2n) is 3.52. The molecule has 0 fully saturated rings. The molecule has 0 amide bonds. The summed E-state index contributed by atoms with van der Waals surface area (Å²) >= 11 is 1.01. The van der Waals surface area contributed by atoms with Gasteiger partial charge >= 0.3 is 0 Å². The topological polar surface area (TPSA) is 60.2 Å². The summed E-state index contributed by atoms with van der Waals surface area (Å²) in [5, 5.41) is 10.0. The first-order valence-electron chi connectivity index (χ1n) is 4.84. The van der Waals surface area contributed by atoms with Gasteiger partial charge in [0.25, 0.3) is 0 Å². The fraction of sp³-hybridized carbons (Fsp3) is 0.364. The van der Waals surface area contributed by atoms with E-state index in [4.69, 9.17) is 0 Å². The van der Waals surface area contributed by atoms with Crippen molar-refractivity contribution in [1.29, 1.82) is 0 Å². The SMILES string of the molecule is CC(=O)S[C@@H](C[N+](=O)[O-])c1ccc(C)cc1. The first-order valence-corrected chi connectivity index (χ1v) is 5.72. The molecule has 0 unspecified atom stereocenters. The van der Waals surface area contributed by atoms with Gasteiger partial charge < -0.3 is 0 Å². The monoisotopic (exact) mass is 239 g/mol. The third kappa shape index (κ3) is 4.02. The Balaban J connectivity index is 2.86. The highest BCUT2D eigenvalue weighted by molar-refractivity contribution is 8.13. The molecule has 0 aliphatic carbocycles. The highest BCUT2D eigenvalue weighted by Crippen LogP contribution is 2.29. The van der Waals surface area contributed by atoms with E-state index < -0.39 is 5.25 Å². The Hall–Kier alpha value is -1.36. The van der Waals surface area contributed by atoms with E-state index in [-0.39, 0.29) is 16.6 Å². The zero-order valence-corrected chi connectivity index (χ0v) is 9.99. The van der Waals surface area contributed by atoms with Gasteiger partial charge in [0.1, 0.15) is 5.25 Å². The van der Waals surface area contributed by atoms with Crippen molar-refractivity contribution in [2.75, 3.05) is 6.54 Å². The summed E-state index contributed by atoms with van der Waals surface area (Å²) in [5.41, 5.74) is 1.92. The number of thioether (sulfide) groups is 1. The lowest BCUT2D eigenvalue weighted by molar-refractivity contribution is -0.479. The van der Waals surface area contributed by atoms with Gasteiger partial charge in [0, 0.05) is 11.8 Å². The predicted octanol–water partition coefficient (Wildman–Crippen LogP) is 2.59. The highest BCUT2D eigenvalue weighted by atomic mass is 32.2. The summed E-state index contributed by atoms with van der Waals surface area (Å²) in [6.07, 6.45) is 0. The van der Waals surface area contributed by atoms with Crippen LogP contribution in [0, 0.1) is 17.0 Å². The number of aryl methyl sites for hydroxylation is 1. The molecule has 0 saturated carbocycles. The summed E-state index contributed by atoms with van der Waals surface area (Å²) in [6.45, 7) is 3.14. The van der Waals surface area contributed by atoms with Crippen LogP contribution in [0.25, 0.3) is 0 Å². The lowest BCUT2D eigenvalue weighted by Gasteiger charge is -2.10. The van der Waals surface area contributed by atoms with Crippen molar-refractivity contribution in [2.45, 2.75) is 19.1 Å². The van der Waals surface area contributed by atoms with Crippen LogP contribution >= 0.6 is 11.8 Å². The minimum atomic E-state index is -0.395. The van der Waals surface area contributed by atoms with Crippen molar-refractivity contribution in [3.8, 4) is 0 Å². The zero-order valence-electron chi connectivity index (χ0n) is 9.17. The van der Waals surface area contributed by atoms with Gasteiger partial charge in [-0.15, -0.1) is 0 Å². The average molecular weight is 239 g/mol. The maximum atomic E-state index is 11.0. The molecule has 0 saturated heterocycles. The molecule has 5 heteroatoms. The lowest BCUT2D eigenvalue weighted by atomic mass is 10.1. The molecule has 0 N–H and O–H groups in total. The summed E-state index contributed by atoms with van der Waals surface area (Å²) in [5.74, 6) is 0. The summed E-state index contributed by atoms with van der Waals surface area (Å²) in [6, 6.07) is 7.45. The van der Waals surface area contributed by atoms with Crippen LogP contribution in [0.4, 0.5) is 0 Å². The van der Waals surface area contributed by atoms with Gasteiger partial charge in [-0.1, -0.05) is 41.6 Å². The van der Waals surface area contributed by atoms with E-state index in [1.54, 1.807) is 0 Å². The second kappa shape index (κ2) is 5.65. The van der Waals surface area contributed by atoms with Gasteiger partial charge in [0.05, 0.1) is 0 Å². The molecule has 1 aromatic rings. The number of benzene rings is 1. The van der Waals surface area contributed by atoms with Crippen molar-refractivity contribution in [3.05, 3.63) is 45.5 Å². The third-order valence-electron chi connectivity index (χ3n) is 2.07. The Labute approximate surface area is 98.2 Å². The van der Waals surface area contributed by atoms with Crippen LogP contribution in [0.1, 0.15) is 23.3 Å². The largest absolute Gasteiger partial charge is 0.288 e. The minimum Gasteiger partial charge on any atom is -0.288 e. The van der Waals surface area contributed by atoms with Crippen LogP contribution in [-0.4, -0.2) is 16.6 Å². The lowest BCUT2D eigenvalue weighted by Crippen LogP contribution is -2.11. The Morgan fingerprint density at radius 1 is 1.44 bits per heavy atom. The molecular formula is C11H13NO3S. The predicted molar refractivity (Wildman–Crippen MR) is 64.1 cm³/mol. The number of nitro groups is 1. The van der Waals surface area contributed by atoms with Crippen LogP contribution in [0.2, 0.25) is 0 Å². The van der Waals surface area contributed by atoms with Crippen LogP contribution in [-0.2, 0) is 4.79 Å². The van der Waals surface area contributed by atoms with Gasteiger partial charge in [0.2, 0.25) is 6.54 Å². The normalized spacial score (nSPS) is 12.1. The quantitative estimate of drug-likeness (QED) is 0.598. The molecule has 1 atom stereocenters. The van der Waals surface area contributed by atoms with Gasteiger partial charge in [-0.05, 0) is 12.5 Å². The molecule has 0 aliphatic rings. The molecule has 1 rings (SSSR count). The average Bonchev–Trinajstić information content (AvgIpc) is 2.16. The molecule has 16 heavy (non-hydrogen) atoms. The Bertz CT molecular complexity index is 373. The molecule has 4 nitrogen and oxygen atoms in total. The fourth-order valence-corrected chi connectivity index (χ4v) is 2.22. The molecular weight excluding hydrogens is 226 g/mol. The summed E-state index contributed by atoms with van der Waals surface area (Å²) in [7, 11) is 0. The first kappa shape index (κ1) is 12.7. The van der Waals surface area contributed by atoms with Crippen LogP contribution < -0.4 is 0 Å². The van der Waals surface area contributed by atoms with Crippen LogP contribution in [0.3, 0.4) is 0 Å². The number of hydrogen-bond acceptors (Lipinski definition) is 4. The molecule has 1 aromatic carbocycles. The minimum absolute atomic E-state index is 0.104. The summed E-state index contributed by atoms with van der Waals surface area (Å²) < 4.78 is 0. The van der Waals surface area contributed by atoms with E-state index in [0.29, 0.717) is 0 Å². The van der Waals surface area contributed by atoms with Crippen LogP contribution in [0.5, 0.6) is 0 Å². The van der Waals surface area contributed by atoms with Gasteiger partial charge in [-0.2, -0.15) is 0 Å². The number of carbonyl (C=O) groups excluding carboxylic acids is 1. The number of carbonyl (C=O) groups is 1. The van der Waals surface area contributed by atoms with Crippen molar-refractivity contribution in [1.82, 2.24) is 0 Å². The van der Waals surface area contributed by atoms with Gasteiger partial charge in [-0.3, -0.25) is 14.9 Å². The Kier molecular flexibility index (Phi) is 4.49. The van der Waals surface area contributed by atoms with E-state index >= 15 is 0 Å². The first-order chi connectivity index (χ1) is 7.49. The molecule has 86 valence electrons. The highest BCUT2D eigenvalue weighted by Gasteiger charge is 2.20. The van der Waals surface area contributed by atoms with E-state index in [0.717, 1.165) is 22.9 Å². The van der Waals surface area contributed by atoms with E-state index in [1.165, 1.54) is 6.92 Å². The molecule has 0 aromatic heterocycles. The maximum absolute atomic E-state index is 11.0. The molecule has 0 heterocycles. The van der Waals surface area contributed by atoms with Gasteiger partial charge in [0.15, 0.2) is 5.12 Å². The smallest absolute Gasteiger partial charge is 0.220 e. The standard InChI is InChI=1S/C11H13NO3S/c1-8-3-5-10(6-4-8)11(7-12(14)15)16-9(2)13/h3-6,11H,7H2,1-2H3/t11-/m0/s1. The molecule has 0 radical (unpaired) electrons. The van der Waals surface area contributed by atoms with E-state index in [9.17, 15) is 14.9 Å². The Morgan fingerprint density at radius 2 is 2.00 bits per heavy atom. The zero-order chi connectivity index (χ0) is 12.1. The van der Waals surface area contributed by atoms with Crippen LogP contribution in [0.15, 0.2) is 24.3 Å². The van der Waals surface area contributed by atoms with Crippen molar-refractivity contribution in [3.63, 3.8) is 0 Å². The number of nitrogens with zero attached hydrogens (tertiary/aromatic N) is 1. The maximum Gasteiger partial charge on any atom is 0.220 e. The van der Waals surface area contributed by atoms with Crippen molar-refractivity contribution < 1.29 is 9.72 Å². The van der Waals surface area contributed by atoms with E-state index in [1.807, 2.05) is 31.2 Å². The molecule has 0 aliphatic heterocycles. The fourth-order valence-electron chi connectivity index (χ4n) is 1.33. The number of rotatable bonds is 4. The summed E-state index contributed by atoms with van der Waals surface area (Å²) in [4.78, 5) is 21.1. The number of hydrogen-bond donors (Lipinski definition) is 0. The van der Waals surface area contributed by atoms with Gasteiger partial charge in [-0.25, -0.2) is 0 Å². The Morgan fingerprint density at radius 3 is 2.44 bits per heavy atom. The van der Waals surface area contributed by atoms with Crippen molar-refractivity contribution in [2.24, 2.45) is 0 Å². The second-order valence-corrected chi connectivity index (χ2v) is 4.90.